The highest BCUT2D eigenvalue weighted by molar-refractivity contribution is 5.12. The normalized spacial score (nSPS) is 12.5. The molecule has 4 nitrogen and oxygen atoms in total. The highest BCUT2D eigenvalue weighted by Gasteiger charge is 2.12. The maximum absolute atomic E-state index is 4.63. The van der Waals surface area contributed by atoms with Crippen molar-refractivity contribution in [2.24, 2.45) is 0 Å². The second-order valence-electron chi connectivity index (χ2n) is 5.35. The Hall–Kier alpha value is -1.68. The zero-order valence-corrected chi connectivity index (χ0v) is 13.3. The predicted octanol–water partition coefficient (Wildman–Crippen LogP) is 2.62. The minimum absolute atomic E-state index is 0.457. The molecule has 0 aliphatic carbocycles. The maximum atomic E-state index is 4.63. The van der Waals surface area contributed by atoms with E-state index in [9.17, 15) is 0 Å². The number of rotatable bonds is 8. The van der Waals surface area contributed by atoms with E-state index in [2.05, 4.69) is 52.1 Å². The molecule has 0 aliphatic heterocycles. The molecule has 2 aromatic heterocycles. The largest absolute Gasteiger partial charge is 0.317 e. The first kappa shape index (κ1) is 15.7. The van der Waals surface area contributed by atoms with Crippen LogP contribution in [0.25, 0.3) is 0 Å². The molecule has 0 amide bonds. The van der Waals surface area contributed by atoms with Gasteiger partial charge in [0.25, 0.3) is 0 Å². The highest BCUT2D eigenvalue weighted by atomic mass is 15.3. The van der Waals surface area contributed by atoms with E-state index < -0.39 is 0 Å². The van der Waals surface area contributed by atoms with Crippen LogP contribution >= 0.6 is 0 Å². The minimum Gasteiger partial charge on any atom is -0.317 e. The van der Waals surface area contributed by atoms with Crippen molar-refractivity contribution in [1.29, 1.82) is 0 Å². The van der Waals surface area contributed by atoms with Crippen LogP contribution in [0.4, 0.5) is 0 Å². The summed E-state index contributed by atoms with van der Waals surface area (Å²) >= 11 is 0. The minimum atomic E-state index is 0.457. The zero-order chi connectivity index (χ0) is 15.1. The lowest BCUT2D eigenvalue weighted by Crippen LogP contribution is -2.29. The smallest absolute Gasteiger partial charge is 0.0624 e. The standard InChI is InChI=1S/C17H26N4/c1-4-14-12-17(21(5-2)20-14)13-16(18-3)10-9-15-8-6-7-11-19-15/h6-8,11-12,16,18H,4-5,9-10,13H2,1-3H3. The topological polar surface area (TPSA) is 42.7 Å². The summed E-state index contributed by atoms with van der Waals surface area (Å²) in [4.78, 5) is 4.40. The lowest BCUT2D eigenvalue weighted by Gasteiger charge is -2.16. The molecule has 0 saturated heterocycles. The lowest BCUT2D eigenvalue weighted by molar-refractivity contribution is 0.492. The fourth-order valence-electron chi connectivity index (χ4n) is 2.59. The molecule has 0 spiro atoms. The summed E-state index contributed by atoms with van der Waals surface area (Å²) in [7, 11) is 2.04. The van der Waals surface area contributed by atoms with Gasteiger partial charge in [0.1, 0.15) is 0 Å². The molecule has 0 fully saturated rings. The average molecular weight is 286 g/mol. The summed E-state index contributed by atoms with van der Waals surface area (Å²) in [5.74, 6) is 0. The van der Waals surface area contributed by atoms with E-state index in [1.165, 1.54) is 11.4 Å². The Balaban J connectivity index is 1.97. The van der Waals surface area contributed by atoms with Gasteiger partial charge in [0.05, 0.1) is 5.69 Å². The van der Waals surface area contributed by atoms with Crippen molar-refractivity contribution >= 4 is 0 Å². The molecule has 0 aliphatic rings. The van der Waals surface area contributed by atoms with Crippen molar-refractivity contribution in [1.82, 2.24) is 20.1 Å². The second-order valence-corrected chi connectivity index (χ2v) is 5.35. The monoisotopic (exact) mass is 286 g/mol. The number of nitrogens with one attached hydrogen (secondary N) is 1. The summed E-state index contributed by atoms with van der Waals surface area (Å²) < 4.78 is 2.13. The van der Waals surface area contributed by atoms with Gasteiger partial charge in [-0.25, -0.2) is 0 Å². The number of pyridine rings is 1. The van der Waals surface area contributed by atoms with Gasteiger partial charge in [0, 0.05) is 36.6 Å². The Labute approximate surface area is 127 Å². The van der Waals surface area contributed by atoms with Crippen LogP contribution in [0.3, 0.4) is 0 Å². The van der Waals surface area contributed by atoms with Crippen molar-refractivity contribution in [3.8, 4) is 0 Å². The van der Waals surface area contributed by atoms with Crippen molar-refractivity contribution in [3.63, 3.8) is 0 Å². The van der Waals surface area contributed by atoms with Gasteiger partial charge in [-0.2, -0.15) is 5.10 Å². The molecular formula is C17H26N4. The van der Waals surface area contributed by atoms with Crippen molar-refractivity contribution < 1.29 is 0 Å². The summed E-state index contributed by atoms with van der Waals surface area (Å²) in [6.45, 7) is 5.24. The number of hydrogen-bond acceptors (Lipinski definition) is 3. The molecule has 0 bridgehead atoms. The summed E-state index contributed by atoms with van der Waals surface area (Å²) in [5.41, 5.74) is 3.68. The molecule has 0 saturated carbocycles. The van der Waals surface area contributed by atoms with Gasteiger partial charge >= 0.3 is 0 Å². The number of nitrogens with zero attached hydrogens (tertiary/aromatic N) is 3. The molecule has 1 unspecified atom stereocenters. The zero-order valence-electron chi connectivity index (χ0n) is 13.3. The van der Waals surface area contributed by atoms with Crippen molar-refractivity contribution in [2.75, 3.05) is 7.05 Å². The molecule has 4 heteroatoms. The van der Waals surface area contributed by atoms with E-state index >= 15 is 0 Å². The molecule has 2 heterocycles. The van der Waals surface area contributed by atoms with Gasteiger partial charge in [-0.1, -0.05) is 13.0 Å². The summed E-state index contributed by atoms with van der Waals surface area (Å²) in [6, 6.07) is 8.81. The molecular weight excluding hydrogens is 260 g/mol. The Morgan fingerprint density at radius 3 is 2.71 bits per heavy atom. The number of aromatic nitrogens is 3. The van der Waals surface area contributed by atoms with E-state index in [0.717, 1.165) is 37.9 Å². The van der Waals surface area contributed by atoms with Crippen molar-refractivity contribution in [2.45, 2.75) is 52.1 Å². The quantitative estimate of drug-likeness (QED) is 0.811. The molecule has 1 N–H and O–H groups in total. The van der Waals surface area contributed by atoms with Crippen LogP contribution in [0.5, 0.6) is 0 Å². The molecule has 0 aromatic carbocycles. The maximum Gasteiger partial charge on any atom is 0.0624 e. The third kappa shape index (κ3) is 4.39. The SMILES string of the molecule is CCc1cc(CC(CCc2ccccn2)NC)n(CC)n1. The van der Waals surface area contributed by atoms with E-state index in [1.54, 1.807) is 0 Å². The van der Waals surface area contributed by atoms with Crippen LogP contribution in [-0.2, 0) is 25.8 Å². The third-order valence-corrected chi connectivity index (χ3v) is 3.91. The van der Waals surface area contributed by atoms with Gasteiger partial charge in [-0.05, 0) is 51.4 Å². The van der Waals surface area contributed by atoms with Crippen LogP contribution < -0.4 is 5.32 Å². The Bertz CT molecular complexity index is 533. The Kier molecular flexibility index (Phi) is 5.93. The van der Waals surface area contributed by atoms with Gasteiger partial charge in [-0.3, -0.25) is 9.67 Å². The fraction of sp³-hybridized carbons (Fsp3) is 0.529. The van der Waals surface area contributed by atoms with Gasteiger partial charge in [0.15, 0.2) is 0 Å². The fourth-order valence-corrected chi connectivity index (χ4v) is 2.59. The lowest BCUT2D eigenvalue weighted by atomic mass is 10.0. The van der Waals surface area contributed by atoms with Gasteiger partial charge < -0.3 is 5.32 Å². The van der Waals surface area contributed by atoms with Crippen LogP contribution in [0.15, 0.2) is 30.5 Å². The Morgan fingerprint density at radius 1 is 1.24 bits per heavy atom. The van der Waals surface area contributed by atoms with E-state index in [1.807, 2.05) is 19.3 Å². The number of likely N-dealkylation sites (N-methyl/N-ethyl adjacent to an activating group) is 1. The van der Waals surface area contributed by atoms with Crippen LogP contribution in [0.1, 0.15) is 37.4 Å². The first-order chi connectivity index (χ1) is 10.3. The van der Waals surface area contributed by atoms with Crippen LogP contribution in [0.2, 0.25) is 0 Å². The summed E-state index contributed by atoms with van der Waals surface area (Å²) in [5, 5.41) is 8.06. The van der Waals surface area contributed by atoms with Crippen LogP contribution in [0, 0.1) is 0 Å². The van der Waals surface area contributed by atoms with Gasteiger partial charge in [-0.15, -0.1) is 0 Å². The Morgan fingerprint density at radius 2 is 2.10 bits per heavy atom. The summed E-state index contributed by atoms with van der Waals surface area (Å²) in [6.07, 6.45) is 5.98. The molecule has 21 heavy (non-hydrogen) atoms. The van der Waals surface area contributed by atoms with E-state index in [-0.39, 0.29) is 0 Å². The third-order valence-electron chi connectivity index (χ3n) is 3.91. The highest BCUT2D eigenvalue weighted by Crippen LogP contribution is 2.11. The number of aryl methyl sites for hydroxylation is 3. The molecule has 114 valence electrons. The molecule has 0 radical (unpaired) electrons. The molecule has 2 aromatic rings. The van der Waals surface area contributed by atoms with E-state index in [4.69, 9.17) is 0 Å². The number of hydrogen-bond donors (Lipinski definition) is 1. The van der Waals surface area contributed by atoms with Crippen molar-refractivity contribution in [3.05, 3.63) is 47.5 Å². The van der Waals surface area contributed by atoms with Crippen LogP contribution in [-0.4, -0.2) is 27.9 Å². The molecule has 1 atom stereocenters. The second kappa shape index (κ2) is 7.93. The van der Waals surface area contributed by atoms with Gasteiger partial charge in [0.2, 0.25) is 0 Å². The average Bonchev–Trinajstić information content (AvgIpc) is 2.94. The predicted molar refractivity (Wildman–Crippen MR) is 86.4 cm³/mol. The molecule has 2 rings (SSSR count). The first-order valence-corrected chi connectivity index (χ1v) is 7.89. The van der Waals surface area contributed by atoms with E-state index in [0.29, 0.717) is 6.04 Å². The first-order valence-electron chi connectivity index (χ1n) is 7.89.